The number of ether oxygens (including phenoxy) is 3. The maximum atomic E-state index is 11.2. The summed E-state index contributed by atoms with van der Waals surface area (Å²) in [5.41, 5.74) is 0. The molecule has 1 aromatic rings. The Kier molecular flexibility index (Phi) is 3.85. The Morgan fingerprint density at radius 1 is 1.41 bits per heavy atom. The Hall–Kier alpha value is -1.71. The van der Waals surface area contributed by atoms with Crippen molar-refractivity contribution in [3.8, 4) is 11.5 Å². The normalized spacial score (nSPS) is 17.6. The summed E-state index contributed by atoms with van der Waals surface area (Å²) in [5.74, 6) is 1.26. The third-order valence-corrected chi connectivity index (χ3v) is 2.45. The van der Waals surface area contributed by atoms with Crippen molar-refractivity contribution in [2.24, 2.45) is 0 Å². The van der Waals surface area contributed by atoms with Crippen molar-refractivity contribution in [1.29, 1.82) is 0 Å². The minimum absolute atomic E-state index is 0.185. The smallest absolute Gasteiger partial charge is 0.305 e. The summed E-state index contributed by atoms with van der Waals surface area (Å²) >= 11 is 0. The number of hydrogen-bond donors (Lipinski definition) is 0. The quantitative estimate of drug-likeness (QED) is 0.751. The van der Waals surface area contributed by atoms with E-state index in [-0.39, 0.29) is 18.7 Å². The largest absolute Gasteiger partial charge is 0.486 e. The van der Waals surface area contributed by atoms with Gasteiger partial charge in [0.05, 0.1) is 0 Å². The minimum atomic E-state index is -0.217. The van der Waals surface area contributed by atoms with Crippen molar-refractivity contribution in [3.63, 3.8) is 0 Å². The second kappa shape index (κ2) is 5.57. The lowest BCUT2D eigenvalue weighted by atomic mass is 10.2. The molecule has 1 aliphatic heterocycles. The molecular weight excluding hydrogens is 220 g/mol. The van der Waals surface area contributed by atoms with Crippen LogP contribution in [0.1, 0.15) is 19.8 Å². The van der Waals surface area contributed by atoms with E-state index in [1.165, 1.54) is 0 Å². The molecule has 1 atom stereocenters. The second-order valence-corrected chi connectivity index (χ2v) is 3.93. The average Bonchev–Trinajstić information content (AvgIpc) is 2.36. The van der Waals surface area contributed by atoms with Crippen molar-refractivity contribution in [3.05, 3.63) is 24.3 Å². The maximum Gasteiger partial charge on any atom is 0.305 e. The highest BCUT2D eigenvalue weighted by Crippen LogP contribution is 2.30. The molecule has 17 heavy (non-hydrogen) atoms. The zero-order valence-electron chi connectivity index (χ0n) is 9.85. The highest BCUT2D eigenvalue weighted by molar-refractivity contribution is 5.69. The highest BCUT2D eigenvalue weighted by atomic mass is 16.6. The van der Waals surface area contributed by atoms with Crippen molar-refractivity contribution in [2.75, 3.05) is 13.2 Å². The van der Waals surface area contributed by atoms with Crippen LogP contribution in [0, 0.1) is 0 Å². The fraction of sp³-hybridized carbons (Fsp3) is 0.462. The zero-order valence-corrected chi connectivity index (χ0v) is 9.85. The first-order valence-corrected chi connectivity index (χ1v) is 5.83. The van der Waals surface area contributed by atoms with Gasteiger partial charge in [0, 0.05) is 6.42 Å². The molecule has 1 aromatic carbocycles. The summed E-state index contributed by atoms with van der Waals surface area (Å²) in [6, 6.07) is 7.47. The van der Waals surface area contributed by atoms with Gasteiger partial charge in [-0.3, -0.25) is 4.79 Å². The van der Waals surface area contributed by atoms with Gasteiger partial charge < -0.3 is 14.2 Å². The van der Waals surface area contributed by atoms with Gasteiger partial charge >= 0.3 is 5.97 Å². The van der Waals surface area contributed by atoms with Crippen LogP contribution in [0.4, 0.5) is 0 Å². The molecule has 0 fully saturated rings. The summed E-state index contributed by atoms with van der Waals surface area (Å²) < 4.78 is 16.3. The lowest BCUT2D eigenvalue weighted by Gasteiger charge is -2.25. The molecule has 0 saturated carbocycles. The van der Waals surface area contributed by atoms with Gasteiger partial charge in [-0.1, -0.05) is 19.1 Å². The molecule has 0 aliphatic carbocycles. The van der Waals surface area contributed by atoms with Gasteiger partial charge in [0.1, 0.15) is 13.2 Å². The summed E-state index contributed by atoms with van der Waals surface area (Å²) in [6.45, 7) is 2.60. The number of esters is 1. The van der Waals surface area contributed by atoms with E-state index in [9.17, 15) is 4.79 Å². The first-order valence-electron chi connectivity index (χ1n) is 5.83. The van der Waals surface area contributed by atoms with Crippen molar-refractivity contribution in [2.45, 2.75) is 25.9 Å². The molecule has 0 radical (unpaired) electrons. The third-order valence-electron chi connectivity index (χ3n) is 2.45. The molecular formula is C13H16O4. The molecule has 0 saturated heterocycles. The summed E-state index contributed by atoms with van der Waals surface area (Å²) in [4.78, 5) is 11.2. The van der Waals surface area contributed by atoms with Crippen molar-refractivity contribution in [1.82, 2.24) is 0 Å². The molecule has 0 amide bonds. The Labute approximate surface area is 100 Å². The maximum absolute atomic E-state index is 11.2. The van der Waals surface area contributed by atoms with Gasteiger partial charge in [0.2, 0.25) is 0 Å². The Bertz CT molecular complexity index is 389. The number of rotatable bonds is 4. The lowest BCUT2D eigenvalue weighted by molar-refractivity contribution is -0.146. The van der Waals surface area contributed by atoms with E-state index < -0.39 is 0 Å². The number of carbonyl (C=O) groups excluding carboxylic acids is 1. The number of hydrogen-bond acceptors (Lipinski definition) is 4. The molecule has 2 rings (SSSR count). The van der Waals surface area contributed by atoms with Gasteiger partial charge in [-0.05, 0) is 18.6 Å². The van der Waals surface area contributed by atoms with E-state index in [1.54, 1.807) is 0 Å². The summed E-state index contributed by atoms with van der Waals surface area (Å²) in [5, 5.41) is 0. The Morgan fingerprint density at radius 3 is 2.94 bits per heavy atom. The van der Waals surface area contributed by atoms with Gasteiger partial charge in [-0.15, -0.1) is 0 Å². The van der Waals surface area contributed by atoms with E-state index in [1.807, 2.05) is 31.2 Å². The first-order chi connectivity index (χ1) is 8.29. The molecule has 0 bridgehead atoms. The second-order valence-electron chi connectivity index (χ2n) is 3.93. The van der Waals surface area contributed by atoms with Crippen molar-refractivity contribution < 1.29 is 19.0 Å². The predicted molar refractivity (Wildman–Crippen MR) is 62.2 cm³/mol. The standard InChI is InChI=1S/C13H16O4/c1-2-5-13(14)16-9-10-8-15-11-6-3-4-7-12(11)17-10/h3-4,6-7,10H,2,5,8-9H2,1H3. The van der Waals surface area contributed by atoms with E-state index in [0.717, 1.165) is 12.2 Å². The van der Waals surface area contributed by atoms with E-state index in [4.69, 9.17) is 14.2 Å². The molecule has 4 nitrogen and oxygen atoms in total. The third kappa shape index (κ3) is 3.12. The number of fused-ring (bicyclic) bond motifs is 1. The topological polar surface area (TPSA) is 44.8 Å². The van der Waals surface area contributed by atoms with Gasteiger partial charge in [-0.2, -0.15) is 0 Å². The number of benzene rings is 1. The van der Waals surface area contributed by atoms with Crippen molar-refractivity contribution >= 4 is 5.97 Å². The van der Waals surface area contributed by atoms with Crippen LogP contribution in [-0.4, -0.2) is 25.3 Å². The summed E-state index contributed by atoms with van der Waals surface area (Å²) in [7, 11) is 0. The monoisotopic (exact) mass is 236 g/mol. The first kappa shape index (κ1) is 11.8. The van der Waals surface area contributed by atoms with Gasteiger partial charge in [0.25, 0.3) is 0 Å². The predicted octanol–water partition coefficient (Wildman–Crippen LogP) is 2.17. The van der Waals surface area contributed by atoms with Crippen LogP contribution < -0.4 is 9.47 Å². The molecule has 1 aliphatic rings. The zero-order chi connectivity index (χ0) is 12.1. The van der Waals surface area contributed by atoms with E-state index in [0.29, 0.717) is 18.8 Å². The SMILES string of the molecule is CCCC(=O)OCC1COc2ccccc2O1. The fourth-order valence-corrected chi connectivity index (χ4v) is 1.61. The van der Waals surface area contributed by atoms with Crippen LogP contribution in [-0.2, 0) is 9.53 Å². The lowest BCUT2D eigenvalue weighted by Crippen LogP contribution is -2.34. The molecule has 4 heteroatoms. The average molecular weight is 236 g/mol. The van der Waals surface area contributed by atoms with Gasteiger partial charge in [0.15, 0.2) is 17.6 Å². The van der Waals surface area contributed by atoms with Crippen LogP contribution >= 0.6 is 0 Å². The van der Waals surface area contributed by atoms with Crippen LogP contribution in [0.2, 0.25) is 0 Å². The Morgan fingerprint density at radius 2 is 2.18 bits per heavy atom. The van der Waals surface area contributed by atoms with Crippen LogP contribution in [0.15, 0.2) is 24.3 Å². The highest BCUT2D eigenvalue weighted by Gasteiger charge is 2.21. The molecule has 92 valence electrons. The van der Waals surface area contributed by atoms with E-state index in [2.05, 4.69) is 0 Å². The van der Waals surface area contributed by atoms with Crippen LogP contribution in [0.3, 0.4) is 0 Å². The Balaban J connectivity index is 1.84. The van der Waals surface area contributed by atoms with Crippen LogP contribution in [0.5, 0.6) is 11.5 Å². The molecule has 0 spiro atoms. The fourth-order valence-electron chi connectivity index (χ4n) is 1.61. The molecule has 0 aromatic heterocycles. The number of carbonyl (C=O) groups is 1. The van der Waals surface area contributed by atoms with E-state index >= 15 is 0 Å². The number of para-hydroxylation sites is 2. The minimum Gasteiger partial charge on any atom is -0.486 e. The molecule has 1 heterocycles. The van der Waals surface area contributed by atoms with Crippen LogP contribution in [0.25, 0.3) is 0 Å². The summed E-state index contributed by atoms with van der Waals surface area (Å²) in [6.07, 6.45) is 1.03. The molecule has 0 N–H and O–H groups in total. The molecule has 1 unspecified atom stereocenters. The van der Waals surface area contributed by atoms with Gasteiger partial charge in [-0.25, -0.2) is 0 Å².